The number of likely N-dealkylation sites (tertiary alicyclic amines) is 1. The average Bonchev–Trinajstić information content (AvgIpc) is 2.62. The summed E-state index contributed by atoms with van der Waals surface area (Å²) in [6.07, 6.45) is 1.15. The van der Waals surface area contributed by atoms with Crippen molar-refractivity contribution in [3.8, 4) is 5.75 Å². The number of benzene rings is 1. The molecule has 2 atom stereocenters. The first-order chi connectivity index (χ1) is 13.7. The van der Waals surface area contributed by atoms with Crippen LogP contribution in [-0.2, 0) is 14.8 Å². The van der Waals surface area contributed by atoms with Crippen molar-refractivity contribution in [2.75, 3.05) is 20.1 Å². The Labute approximate surface area is 180 Å². The Kier molecular flexibility index (Phi) is 5.99. The molecule has 1 saturated heterocycles. The first-order valence-corrected chi connectivity index (χ1v) is 11.9. The summed E-state index contributed by atoms with van der Waals surface area (Å²) in [6.45, 7) is 10.4. The Morgan fingerprint density at radius 1 is 1.27 bits per heavy atom. The largest absolute Gasteiger partial charge is 0.485 e. The van der Waals surface area contributed by atoms with E-state index in [-0.39, 0.29) is 16.2 Å². The van der Waals surface area contributed by atoms with Gasteiger partial charge in [-0.1, -0.05) is 20.8 Å². The van der Waals surface area contributed by atoms with Crippen LogP contribution in [0.2, 0.25) is 0 Å². The Balaban J connectivity index is 2.07. The molecular weight excluding hydrogens is 404 g/mol. The quantitative estimate of drug-likeness (QED) is 0.781. The molecule has 0 spiro atoms. The minimum atomic E-state index is -3.73. The van der Waals surface area contributed by atoms with Crippen LogP contribution in [0, 0.1) is 5.41 Å². The fourth-order valence-electron chi connectivity index (χ4n) is 4.30. The first kappa shape index (κ1) is 23.0. The molecule has 0 aliphatic carbocycles. The molecule has 7 nitrogen and oxygen atoms in total. The minimum absolute atomic E-state index is 0.0212. The summed E-state index contributed by atoms with van der Waals surface area (Å²) in [5, 5.41) is 11.1. The van der Waals surface area contributed by atoms with E-state index < -0.39 is 27.8 Å². The Morgan fingerprint density at radius 3 is 2.53 bits per heavy atom. The van der Waals surface area contributed by atoms with E-state index in [0.717, 1.165) is 12.8 Å². The molecule has 2 heterocycles. The van der Waals surface area contributed by atoms with Gasteiger partial charge in [-0.3, -0.25) is 4.79 Å². The van der Waals surface area contributed by atoms with Gasteiger partial charge in [0.15, 0.2) is 0 Å². The van der Waals surface area contributed by atoms with Crippen molar-refractivity contribution in [2.45, 2.75) is 76.5 Å². The smallest absolute Gasteiger partial charge is 0.242 e. The van der Waals surface area contributed by atoms with E-state index in [1.165, 1.54) is 10.4 Å². The van der Waals surface area contributed by atoms with Gasteiger partial charge in [0.1, 0.15) is 17.5 Å². The van der Waals surface area contributed by atoms with Crippen LogP contribution in [0.1, 0.15) is 65.5 Å². The SMILES string of the molecule is CN(CC(C)(C)C)S(=O)(=O)c1ccc2c(c1)C(N1CCCCC1=O)C(O)C(C)(C)O2. The van der Waals surface area contributed by atoms with E-state index in [0.29, 0.717) is 30.8 Å². The zero-order valence-corrected chi connectivity index (χ0v) is 19.6. The highest BCUT2D eigenvalue weighted by Crippen LogP contribution is 2.44. The van der Waals surface area contributed by atoms with E-state index in [1.54, 1.807) is 37.9 Å². The molecule has 2 aliphatic heterocycles. The van der Waals surface area contributed by atoms with E-state index in [2.05, 4.69) is 0 Å². The maximum Gasteiger partial charge on any atom is 0.242 e. The number of carbonyl (C=O) groups excluding carboxylic acids is 1. The summed E-state index contributed by atoms with van der Waals surface area (Å²) >= 11 is 0. The molecule has 30 heavy (non-hydrogen) atoms. The van der Waals surface area contributed by atoms with Crippen molar-refractivity contribution in [3.63, 3.8) is 0 Å². The first-order valence-electron chi connectivity index (χ1n) is 10.5. The summed E-state index contributed by atoms with van der Waals surface area (Å²) in [7, 11) is -2.16. The Bertz CT molecular complexity index is 920. The molecule has 0 bridgehead atoms. The Hall–Kier alpha value is -1.64. The van der Waals surface area contributed by atoms with Crippen LogP contribution in [0.4, 0.5) is 0 Å². The summed E-state index contributed by atoms with van der Waals surface area (Å²) in [4.78, 5) is 14.5. The molecule has 0 radical (unpaired) electrons. The predicted molar refractivity (Wildman–Crippen MR) is 115 cm³/mol. The third-order valence-electron chi connectivity index (χ3n) is 5.79. The van der Waals surface area contributed by atoms with Crippen LogP contribution in [-0.4, -0.2) is 60.5 Å². The number of sulfonamides is 1. The number of fused-ring (bicyclic) bond motifs is 1. The number of hydrogen-bond acceptors (Lipinski definition) is 5. The van der Waals surface area contributed by atoms with Gasteiger partial charge < -0.3 is 14.7 Å². The molecule has 168 valence electrons. The normalized spacial score (nSPS) is 24.5. The van der Waals surface area contributed by atoms with Gasteiger partial charge in [-0.15, -0.1) is 0 Å². The van der Waals surface area contributed by atoms with Crippen molar-refractivity contribution >= 4 is 15.9 Å². The fraction of sp³-hybridized carbons (Fsp3) is 0.682. The molecule has 0 saturated carbocycles. The number of aliphatic hydroxyl groups excluding tert-OH is 1. The van der Waals surface area contributed by atoms with Gasteiger partial charge in [0.2, 0.25) is 15.9 Å². The maximum atomic E-state index is 13.2. The van der Waals surface area contributed by atoms with Crippen molar-refractivity contribution in [1.82, 2.24) is 9.21 Å². The minimum Gasteiger partial charge on any atom is -0.485 e. The second kappa shape index (κ2) is 7.80. The van der Waals surface area contributed by atoms with Gasteiger partial charge in [-0.05, 0) is 50.3 Å². The average molecular weight is 439 g/mol. The highest BCUT2D eigenvalue weighted by Gasteiger charge is 2.47. The second-order valence-corrected chi connectivity index (χ2v) is 12.2. The molecule has 1 fully saturated rings. The van der Waals surface area contributed by atoms with Crippen LogP contribution in [0.25, 0.3) is 0 Å². The number of carbonyl (C=O) groups is 1. The van der Waals surface area contributed by atoms with Crippen molar-refractivity contribution in [1.29, 1.82) is 0 Å². The number of ether oxygens (including phenoxy) is 1. The molecule has 3 rings (SSSR count). The lowest BCUT2D eigenvalue weighted by Crippen LogP contribution is -2.55. The van der Waals surface area contributed by atoms with E-state index in [9.17, 15) is 18.3 Å². The molecule has 1 amide bonds. The topological polar surface area (TPSA) is 87.2 Å². The molecule has 1 aromatic carbocycles. The van der Waals surface area contributed by atoms with Crippen molar-refractivity contribution in [3.05, 3.63) is 23.8 Å². The number of amides is 1. The highest BCUT2D eigenvalue weighted by atomic mass is 32.2. The molecule has 2 unspecified atom stereocenters. The summed E-state index contributed by atoms with van der Waals surface area (Å²) in [5.74, 6) is 0.484. The van der Waals surface area contributed by atoms with E-state index in [1.807, 2.05) is 20.8 Å². The number of piperidine rings is 1. The van der Waals surface area contributed by atoms with E-state index >= 15 is 0 Å². The molecule has 8 heteroatoms. The lowest BCUT2D eigenvalue weighted by Gasteiger charge is -2.47. The summed E-state index contributed by atoms with van der Waals surface area (Å²) < 4.78 is 33.7. The zero-order chi connectivity index (χ0) is 22.5. The lowest BCUT2D eigenvalue weighted by molar-refractivity contribution is -0.147. The second-order valence-electron chi connectivity index (χ2n) is 10.2. The van der Waals surface area contributed by atoms with Gasteiger partial charge in [-0.2, -0.15) is 0 Å². The number of aliphatic hydroxyl groups is 1. The monoisotopic (exact) mass is 438 g/mol. The van der Waals surface area contributed by atoms with Crippen LogP contribution < -0.4 is 4.74 Å². The van der Waals surface area contributed by atoms with Crippen LogP contribution in [0.3, 0.4) is 0 Å². The number of hydrogen-bond donors (Lipinski definition) is 1. The van der Waals surface area contributed by atoms with Crippen LogP contribution >= 0.6 is 0 Å². The van der Waals surface area contributed by atoms with Gasteiger partial charge >= 0.3 is 0 Å². The standard InChI is InChI=1S/C22H34N2O5S/c1-21(2,3)14-23(6)30(27,28)15-10-11-17-16(13-15)19(20(26)22(4,5)29-17)24-12-8-7-9-18(24)25/h10-11,13,19-20,26H,7-9,12,14H2,1-6H3. The zero-order valence-electron chi connectivity index (χ0n) is 18.8. The number of rotatable bonds is 4. The van der Waals surface area contributed by atoms with Gasteiger partial charge in [0.25, 0.3) is 0 Å². The van der Waals surface area contributed by atoms with Gasteiger partial charge in [0, 0.05) is 32.1 Å². The third kappa shape index (κ3) is 4.36. The lowest BCUT2D eigenvalue weighted by atomic mass is 9.84. The molecule has 2 aliphatic rings. The molecule has 1 N–H and O–H groups in total. The summed E-state index contributed by atoms with van der Waals surface area (Å²) in [5.41, 5.74) is -0.553. The van der Waals surface area contributed by atoms with Crippen molar-refractivity contribution < 1.29 is 23.1 Å². The Morgan fingerprint density at radius 2 is 1.93 bits per heavy atom. The third-order valence-corrected chi connectivity index (χ3v) is 7.58. The van der Waals surface area contributed by atoms with E-state index in [4.69, 9.17) is 4.74 Å². The van der Waals surface area contributed by atoms with Crippen LogP contribution in [0.5, 0.6) is 5.75 Å². The number of nitrogens with zero attached hydrogens (tertiary/aromatic N) is 2. The molecule has 0 aromatic heterocycles. The van der Waals surface area contributed by atoms with Gasteiger partial charge in [-0.25, -0.2) is 12.7 Å². The van der Waals surface area contributed by atoms with Crippen molar-refractivity contribution in [2.24, 2.45) is 5.41 Å². The molecular formula is C22H34N2O5S. The van der Waals surface area contributed by atoms with Crippen LogP contribution in [0.15, 0.2) is 23.1 Å². The molecule has 1 aromatic rings. The fourth-order valence-corrected chi connectivity index (χ4v) is 5.73. The van der Waals surface area contributed by atoms with Gasteiger partial charge in [0.05, 0.1) is 10.9 Å². The highest BCUT2D eigenvalue weighted by molar-refractivity contribution is 7.89. The summed E-state index contributed by atoms with van der Waals surface area (Å²) in [6, 6.07) is 4.10. The maximum absolute atomic E-state index is 13.2. The predicted octanol–water partition coefficient (Wildman–Crippen LogP) is 2.94.